The van der Waals surface area contributed by atoms with Gasteiger partial charge in [-0.2, -0.15) is 0 Å². The minimum Gasteiger partial charge on any atom is -0.393 e. The number of fused-ring (bicyclic) bond motifs is 5. The maximum Gasteiger partial charge on any atom is 0.136 e. The monoisotopic (exact) mass is 360 g/mol. The highest BCUT2D eigenvalue weighted by molar-refractivity contribution is 5.83. The molecule has 26 heavy (non-hydrogen) atoms. The van der Waals surface area contributed by atoms with E-state index in [1.807, 2.05) is 0 Å². The Labute approximate surface area is 158 Å². The van der Waals surface area contributed by atoms with Crippen LogP contribution in [0.1, 0.15) is 84.5 Å². The summed E-state index contributed by atoms with van der Waals surface area (Å²) < 4.78 is 0. The number of aliphatic hydroxyl groups is 1. The van der Waals surface area contributed by atoms with Gasteiger partial charge in [0.25, 0.3) is 0 Å². The molecule has 0 aromatic carbocycles. The molecule has 0 aromatic rings. The smallest absolute Gasteiger partial charge is 0.136 e. The molecule has 0 aromatic heterocycles. The Morgan fingerprint density at radius 1 is 1.08 bits per heavy atom. The van der Waals surface area contributed by atoms with Gasteiger partial charge in [-0.3, -0.25) is 4.79 Å². The predicted octanol–water partition coefficient (Wildman–Crippen LogP) is 4.55. The van der Waals surface area contributed by atoms with Crippen LogP contribution in [0.15, 0.2) is 0 Å². The first kappa shape index (κ1) is 18.7. The molecule has 146 valence electrons. The minimum absolute atomic E-state index is 0.194. The molecule has 0 saturated heterocycles. The standard InChI is InChI=1S/C23H36O3/c1-22-11-9-19-21(18(22)7-6-15(22)5-3-4-12-24)20(26)14-16-13-17(25)8-10-23(16,19)2/h12,15-19,21,25H,3-11,13-14H2,1-2H3/t15-,16?,17+,18?,19?,21?,22+,23-/m0/s1. The fourth-order valence-corrected chi connectivity index (χ4v) is 7.94. The van der Waals surface area contributed by atoms with Crippen molar-refractivity contribution in [3.05, 3.63) is 0 Å². The summed E-state index contributed by atoms with van der Waals surface area (Å²) in [5.41, 5.74) is 0.561. The molecule has 4 saturated carbocycles. The molecule has 3 heteroatoms. The Hall–Kier alpha value is -0.700. The van der Waals surface area contributed by atoms with E-state index in [0.717, 1.165) is 38.4 Å². The largest absolute Gasteiger partial charge is 0.393 e. The summed E-state index contributed by atoms with van der Waals surface area (Å²) >= 11 is 0. The third-order valence-electron chi connectivity index (χ3n) is 9.51. The molecular formula is C23H36O3. The van der Waals surface area contributed by atoms with Crippen LogP contribution < -0.4 is 0 Å². The van der Waals surface area contributed by atoms with E-state index in [-0.39, 0.29) is 17.4 Å². The van der Waals surface area contributed by atoms with E-state index in [2.05, 4.69) is 13.8 Å². The third kappa shape index (κ3) is 2.72. The maximum absolute atomic E-state index is 13.3. The van der Waals surface area contributed by atoms with Gasteiger partial charge in [-0.05, 0) is 92.3 Å². The van der Waals surface area contributed by atoms with Crippen molar-refractivity contribution >= 4 is 12.1 Å². The minimum atomic E-state index is -0.194. The average molecular weight is 361 g/mol. The molecule has 4 aliphatic carbocycles. The number of carbonyl (C=O) groups is 2. The molecule has 0 bridgehead atoms. The van der Waals surface area contributed by atoms with Gasteiger partial charge in [0.15, 0.2) is 0 Å². The van der Waals surface area contributed by atoms with Crippen molar-refractivity contribution in [2.45, 2.75) is 90.6 Å². The van der Waals surface area contributed by atoms with E-state index in [4.69, 9.17) is 0 Å². The lowest BCUT2D eigenvalue weighted by atomic mass is 9.44. The van der Waals surface area contributed by atoms with E-state index in [0.29, 0.717) is 47.7 Å². The normalized spacial score (nSPS) is 50.7. The molecule has 4 rings (SSSR count). The molecule has 4 unspecified atom stereocenters. The molecule has 0 spiro atoms. The van der Waals surface area contributed by atoms with Gasteiger partial charge < -0.3 is 9.90 Å². The van der Waals surface area contributed by atoms with Crippen molar-refractivity contribution < 1.29 is 14.7 Å². The first-order valence-electron chi connectivity index (χ1n) is 11.0. The van der Waals surface area contributed by atoms with Crippen LogP contribution in [0.3, 0.4) is 0 Å². The highest BCUT2D eigenvalue weighted by atomic mass is 16.3. The van der Waals surface area contributed by atoms with Gasteiger partial charge in [0.1, 0.15) is 12.1 Å². The number of rotatable bonds is 4. The summed E-state index contributed by atoms with van der Waals surface area (Å²) in [6.07, 6.45) is 12.2. The molecule has 0 amide bonds. The molecule has 1 N–H and O–H groups in total. The maximum atomic E-state index is 13.3. The van der Waals surface area contributed by atoms with Crippen molar-refractivity contribution in [2.75, 3.05) is 0 Å². The molecule has 8 atom stereocenters. The first-order chi connectivity index (χ1) is 12.4. The lowest BCUT2D eigenvalue weighted by molar-refractivity contribution is -0.160. The highest BCUT2D eigenvalue weighted by Crippen LogP contribution is 2.67. The van der Waals surface area contributed by atoms with Crippen LogP contribution in [0.25, 0.3) is 0 Å². The molecular weight excluding hydrogens is 324 g/mol. The third-order valence-corrected chi connectivity index (χ3v) is 9.51. The summed E-state index contributed by atoms with van der Waals surface area (Å²) in [6.45, 7) is 4.89. The fourth-order valence-electron chi connectivity index (χ4n) is 7.94. The van der Waals surface area contributed by atoms with Gasteiger partial charge in [0.2, 0.25) is 0 Å². The van der Waals surface area contributed by atoms with Gasteiger partial charge >= 0.3 is 0 Å². The predicted molar refractivity (Wildman–Crippen MR) is 102 cm³/mol. The van der Waals surface area contributed by atoms with E-state index >= 15 is 0 Å². The van der Waals surface area contributed by atoms with Gasteiger partial charge in [-0.1, -0.05) is 13.8 Å². The fraction of sp³-hybridized carbons (Fsp3) is 0.913. The molecule has 4 aliphatic rings. The van der Waals surface area contributed by atoms with Crippen LogP contribution in [-0.4, -0.2) is 23.3 Å². The van der Waals surface area contributed by atoms with Crippen molar-refractivity contribution in [1.29, 1.82) is 0 Å². The molecule has 4 fully saturated rings. The lowest BCUT2D eigenvalue weighted by Gasteiger charge is -2.60. The zero-order valence-corrected chi connectivity index (χ0v) is 16.6. The summed E-state index contributed by atoms with van der Waals surface area (Å²) in [5.74, 6) is 2.96. The lowest BCUT2D eigenvalue weighted by Crippen LogP contribution is -2.57. The Bertz CT molecular complexity index is 572. The van der Waals surface area contributed by atoms with E-state index in [1.165, 1.54) is 25.7 Å². The Kier molecular flexibility index (Phi) is 4.82. The summed E-state index contributed by atoms with van der Waals surface area (Å²) in [7, 11) is 0. The Morgan fingerprint density at radius 3 is 2.58 bits per heavy atom. The molecule has 3 nitrogen and oxygen atoms in total. The number of aldehydes is 1. The summed E-state index contributed by atoms with van der Waals surface area (Å²) in [4.78, 5) is 24.0. The van der Waals surface area contributed by atoms with Crippen LogP contribution in [0.5, 0.6) is 0 Å². The first-order valence-corrected chi connectivity index (χ1v) is 11.0. The molecule has 0 heterocycles. The van der Waals surface area contributed by atoms with E-state index < -0.39 is 0 Å². The Balaban J connectivity index is 1.57. The summed E-state index contributed by atoms with van der Waals surface area (Å²) in [6, 6.07) is 0. The van der Waals surface area contributed by atoms with Gasteiger partial charge in [0, 0.05) is 18.8 Å². The van der Waals surface area contributed by atoms with Crippen LogP contribution in [0.2, 0.25) is 0 Å². The van der Waals surface area contributed by atoms with Crippen molar-refractivity contribution in [3.8, 4) is 0 Å². The zero-order chi connectivity index (χ0) is 18.5. The van der Waals surface area contributed by atoms with Crippen LogP contribution in [0, 0.1) is 40.4 Å². The second-order valence-electron chi connectivity index (χ2n) is 10.5. The number of unbranched alkanes of at least 4 members (excludes halogenated alkanes) is 1. The van der Waals surface area contributed by atoms with Crippen molar-refractivity contribution in [1.82, 2.24) is 0 Å². The number of hydrogen-bond acceptors (Lipinski definition) is 3. The number of carbonyl (C=O) groups excluding carboxylic acids is 2. The quantitative estimate of drug-likeness (QED) is 0.591. The van der Waals surface area contributed by atoms with Crippen LogP contribution >= 0.6 is 0 Å². The van der Waals surface area contributed by atoms with Gasteiger partial charge in [-0.15, -0.1) is 0 Å². The average Bonchev–Trinajstić information content (AvgIpc) is 2.93. The van der Waals surface area contributed by atoms with E-state index in [9.17, 15) is 14.7 Å². The van der Waals surface area contributed by atoms with Crippen LogP contribution in [0.4, 0.5) is 0 Å². The van der Waals surface area contributed by atoms with Crippen LogP contribution in [-0.2, 0) is 9.59 Å². The van der Waals surface area contributed by atoms with Gasteiger partial charge in [-0.25, -0.2) is 0 Å². The number of Topliss-reactive ketones (excluding diaryl/α,β-unsaturated/α-hetero) is 1. The summed E-state index contributed by atoms with van der Waals surface area (Å²) in [5, 5.41) is 10.1. The SMILES string of the molecule is C[C@]12CC[C@@H](O)CC1CC(=O)C1C2CC[C@@]2(C)C1CC[C@@H]2CCCC=O. The highest BCUT2D eigenvalue weighted by Gasteiger charge is 2.62. The van der Waals surface area contributed by atoms with Gasteiger partial charge in [0.05, 0.1) is 6.10 Å². The number of hydrogen-bond donors (Lipinski definition) is 1. The number of aliphatic hydroxyl groups excluding tert-OH is 1. The van der Waals surface area contributed by atoms with E-state index in [1.54, 1.807) is 0 Å². The molecule has 0 radical (unpaired) electrons. The Morgan fingerprint density at radius 2 is 1.81 bits per heavy atom. The second-order valence-corrected chi connectivity index (χ2v) is 10.5. The van der Waals surface area contributed by atoms with Crippen molar-refractivity contribution in [2.24, 2.45) is 40.4 Å². The second kappa shape index (κ2) is 6.72. The zero-order valence-electron chi connectivity index (χ0n) is 16.6. The molecule has 0 aliphatic heterocycles. The van der Waals surface area contributed by atoms with Crippen molar-refractivity contribution in [3.63, 3.8) is 0 Å². The number of ketones is 1. The topological polar surface area (TPSA) is 54.4 Å².